The van der Waals surface area contributed by atoms with Crippen molar-refractivity contribution >= 4 is 17.5 Å². The molecule has 2 fully saturated rings. The summed E-state index contributed by atoms with van der Waals surface area (Å²) < 4.78 is 14.0. The van der Waals surface area contributed by atoms with Crippen molar-refractivity contribution in [2.75, 3.05) is 4.90 Å². The van der Waals surface area contributed by atoms with Crippen molar-refractivity contribution in [2.45, 2.75) is 13.8 Å². The van der Waals surface area contributed by atoms with Crippen LogP contribution < -0.4 is 4.90 Å². The quantitative estimate of drug-likeness (QED) is 0.590. The Morgan fingerprint density at radius 1 is 1.00 bits per heavy atom. The molecule has 1 aromatic carbocycles. The highest BCUT2D eigenvalue weighted by molar-refractivity contribution is 6.23. The molecule has 2 aliphatic carbocycles. The van der Waals surface area contributed by atoms with E-state index in [-0.39, 0.29) is 41.2 Å². The summed E-state index contributed by atoms with van der Waals surface area (Å²) in [5.41, 5.74) is 2.45. The van der Waals surface area contributed by atoms with Gasteiger partial charge in [0.15, 0.2) is 0 Å². The third-order valence-electron chi connectivity index (χ3n) is 5.09. The zero-order valence-corrected chi connectivity index (χ0v) is 12.4. The van der Waals surface area contributed by atoms with Gasteiger partial charge in [-0.25, -0.2) is 9.29 Å². The third-order valence-corrected chi connectivity index (χ3v) is 5.09. The summed E-state index contributed by atoms with van der Waals surface area (Å²) in [5, 5.41) is 0. The van der Waals surface area contributed by atoms with Crippen LogP contribution in [0.3, 0.4) is 0 Å². The largest absolute Gasteiger partial charge is 0.274 e. The fourth-order valence-corrected chi connectivity index (χ4v) is 4.30. The number of imide groups is 1. The number of amides is 2. The lowest BCUT2D eigenvalue weighted by atomic mass is 9.85. The number of anilines is 1. The lowest BCUT2D eigenvalue weighted by Crippen LogP contribution is -2.33. The summed E-state index contributed by atoms with van der Waals surface area (Å²) in [5.74, 6) is -1.82. The molecule has 0 radical (unpaired) electrons. The van der Waals surface area contributed by atoms with E-state index in [1.54, 1.807) is 12.1 Å². The predicted molar refractivity (Wildman–Crippen MR) is 80.4 cm³/mol. The van der Waals surface area contributed by atoms with E-state index in [0.29, 0.717) is 0 Å². The Bertz CT molecular complexity index is 726. The lowest BCUT2D eigenvalue weighted by molar-refractivity contribution is -0.123. The molecule has 3 nitrogen and oxygen atoms in total. The molecule has 0 unspecified atom stereocenters. The molecule has 1 heterocycles. The molecule has 4 rings (SSSR count). The zero-order chi connectivity index (χ0) is 15.6. The minimum absolute atomic E-state index is 0.00627. The van der Waals surface area contributed by atoms with Crippen molar-refractivity contribution in [3.8, 4) is 0 Å². The highest BCUT2D eigenvalue weighted by Gasteiger charge is 2.62. The molecule has 22 heavy (non-hydrogen) atoms. The molecular weight excluding hydrogens is 281 g/mol. The van der Waals surface area contributed by atoms with Crippen molar-refractivity contribution in [2.24, 2.45) is 23.7 Å². The van der Waals surface area contributed by atoms with E-state index in [4.69, 9.17) is 0 Å². The number of nitrogens with zero attached hydrogens (tertiary/aromatic N) is 1. The first kappa shape index (κ1) is 13.4. The Hall–Kier alpha value is -2.23. The van der Waals surface area contributed by atoms with Gasteiger partial charge in [0.25, 0.3) is 0 Å². The molecule has 3 aliphatic rings. The van der Waals surface area contributed by atoms with Gasteiger partial charge in [-0.15, -0.1) is 0 Å². The highest BCUT2D eigenvalue weighted by Crippen LogP contribution is 2.57. The van der Waals surface area contributed by atoms with Crippen molar-refractivity contribution in [3.05, 3.63) is 53.4 Å². The number of carbonyl (C=O) groups is 2. The number of para-hydroxylation sites is 1. The van der Waals surface area contributed by atoms with E-state index in [1.807, 2.05) is 26.0 Å². The van der Waals surface area contributed by atoms with Gasteiger partial charge in [0.05, 0.1) is 17.5 Å². The van der Waals surface area contributed by atoms with E-state index in [2.05, 4.69) is 0 Å². The second-order valence-electron chi connectivity index (χ2n) is 6.41. The van der Waals surface area contributed by atoms with Gasteiger partial charge < -0.3 is 0 Å². The topological polar surface area (TPSA) is 37.4 Å². The fraction of sp³-hybridized carbons (Fsp3) is 0.333. The smallest absolute Gasteiger partial charge is 0.238 e. The minimum Gasteiger partial charge on any atom is -0.274 e. The average Bonchev–Trinajstić information content (AvgIpc) is 3.11. The van der Waals surface area contributed by atoms with Gasteiger partial charge in [0, 0.05) is 11.8 Å². The Labute approximate surface area is 128 Å². The second-order valence-corrected chi connectivity index (χ2v) is 6.41. The maximum atomic E-state index is 14.0. The van der Waals surface area contributed by atoms with Crippen LogP contribution in [-0.4, -0.2) is 11.8 Å². The zero-order valence-electron chi connectivity index (χ0n) is 12.4. The van der Waals surface area contributed by atoms with Crippen LogP contribution in [0.1, 0.15) is 13.8 Å². The Kier molecular flexibility index (Phi) is 2.68. The molecule has 1 aliphatic heterocycles. The molecule has 0 spiro atoms. The van der Waals surface area contributed by atoms with E-state index in [1.165, 1.54) is 23.3 Å². The molecule has 1 saturated carbocycles. The molecule has 2 amide bonds. The molecule has 4 heteroatoms. The normalized spacial score (nSPS) is 32.1. The van der Waals surface area contributed by atoms with Crippen molar-refractivity contribution in [1.29, 1.82) is 0 Å². The molecule has 112 valence electrons. The van der Waals surface area contributed by atoms with E-state index in [0.717, 1.165) is 4.90 Å². The molecule has 1 saturated heterocycles. The minimum atomic E-state index is -0.535. The van der Waals surface area contributed by atoms with Gasteiger partial charge in [-0.2, -0.15) is 0 Å². The summed E-state index contributed by atoms with van der Waals surface area (Å²) in [7, 11) is 0. The fourth-order valence-electron chi connectivity index (χ4n) is 4.30. The summed E-state index contributed by atoms with van der Waals surface area (Å²) >= 11 is 0. The summed E-state index contributed by atoms with van der Waals surface area (Å²) in [6.45, 7) is 4.04. The van der Waals surface area contributed by atoms with Crippen LogP contribution in [0.4, 0.5) is 10.1 Å². The van der Waals surface area contributed by atoms with Crippen LogP contribution in [0.5, 0.6) is 0 Å². The van der Waals surface area contributed by atoms with Gasteiger partial charge in [0.2, 0.25) is 11.8 Å². The molecule has 2 bridgehead atoms. The lowest BCUT2D eigenvalue weighted by Gasteiger charge is -2.19. The predicted octanol–water partition coefficient (Wildman–Crippen LogP) is 3.08. The first-order valence-corrected chi connectivity index (χ1v) is 7.50. The van der Waals surface area contributed by atoms with Gasteiger partial charge in [0.1, 0.15) is 5.82 Å². The number of allylic oxidation sites excluding steroid dienone is 4. The molecular formula is C18H16FNO2. The molecule has 0 aromatic heterocycles. The average molecular weight is 297 g/mol. The maximum absolute atomic E-state index is 14.0. The number of hydrogen-bond acceptors (Lipinski definition) is 2. The molecule has 1 aromatic rings. The van der Waals surface area contributed by atoms with Crippen molar-refractivity contribution in [1.82, 2.24) is 0 Å². The number of carbonyl (C=O) groups excluding carboxylic acids is 2. The number of benzene rings is 1. The van der Waals surface area contributed by atoms with E-state index in [9.17, 15) is 14.0 Å². The highest BCUT2D eigenvalue weighted by atomic mass is 19.1. The number of hydrogen-bond donors (Lipinski definition) is 0. The van der Waals surface area contributed by atoms with Crippen LogP contribution in [0, 0.1) is 29.5 Å². The summed E-state index contributed by atoms with van der Waals surface area (Å²) in [6.07, 6.45) is 4.06. The van der Waals surface area contributed by atoms with E-state index >= 15 is 0 Å². The Morgan fingerprint density at radius 2 is 1.55 bits per heavy atom. The summed E-state index contributed by atoms with van der Waals surface area (Å²) in [4.78, 5) is 26.6. The molecule has 4 atom stereocenters. The third kappa shape index (κ3) is 1.50. The Balaban J connectivity index is 1.80. The Morgan fingerprint density at radius 3 is 2.05 bits per heavy atom. The second kappa shape index (κ2) is 4.38. The standard InChI is InChI=1S/C18H16FNO2/c1-9(2)14-10-7-8-11(14)16-15(10)17(21)20(18(16)22)13-6-4-3-5-12(13)19/h3-8,10-11,15-16H,1-2H3/t10-,11+,15-,16-/m1/s1. The first-order chi connectivity index (χ1) is 10.5. The number of halogens is 1. The van der Waals surface area contributed by atoms with E-state index < -0.39 is 5.82 Å². The first-order valence-electron chi connectivity index (χ1n) is 7.50. The van der Waals surface area contributed by atoms with Gasteiger partial charge in [-0.1, -0.05) is 35.4 Å². The van der Waals surface area contributed by atoms with Crippen LogP contribution in [-0.2, 0) is 9.59 Å². The SMILES string of the molecule is CC(C)=C1[C@H]2C=C[C@@H]1[C@H]1C(=O)N(c3ccccc3F)C(=O)[C@@H]12. The maximum Gasteiger partial charge on any atom is 0.238 e. The summed E-state index contributed by atoms with van der Waals surface area (Å²) in [6, 6.07) is 5.96. The van der Waals surface area contributed by atoms with Gasteiger partial charge >= 0.3 is 0 Å². The number of fused-ring (bicyclic) bond motifs is 5. The molecule has 0 N–H and O–H groups in total. The van der Waals surface area contributed by atoms with Crippen LogP contribution in [0.2, 0.25) is 0 Å². The van der Waals surface area contributed by atoms with Crippen molar-refractivity contribution in [3.63, 3.8) is 0 Å². The number of rotatable bonds is 1. The van der Waals surface area contributed by atoms with Gasteiger partial charge in [-0.3, -0.25) is 9.59 Å². The van der Waals surface area contributed by atoms with Gasteiger partial charge in [-0.05, 0) is 26.0 Å². The van der Waals surface area contributed by atoms with Crippen molar-refractivity contribution < 1.29 is 14.0 Å². The van der Waals surface area contributed by atoms with Crippen LogP contribution in [0.15, 0.2) is 47.6 Å². The van der Waals surface area contributed by atoms with Crippen LogP contribution >= 0.6 is 0 Å². The monoisotopic (exact) mass is 297 g/mol. The van der Waals surface area contributed by atoms with Crippen LogP contribution in [0.25, 0.3) is 0 Å².